The molecule has 0 saturated heterocycles. The van der Waals surface area contributed by atoms with Crippen molar-refractivity contribution in [3.63, 3.8) is 0 Å². The van der Waals surface area contributed by atoms with Crippen LogP contribution in [-0.4, -0.2) is 5.11 Å². The summed E-state index contributed by atoms with van der Waals surface area (Å²) in [6, 6.07) is 7.70. The summed E-state index contributed by atoms with van der Waals surface area (Å²) in [7, 11) is 0. The van der Waals surface area contributed by atoms with Crippen molar-refractivity contribution < 1.29 is 9.84 Å². The molecule has 1 aromatic carbocycles. The molecular formula is C13H13BrO2S. The van der Waals surface area contributed by atoms with Crippen LogP contribution in [0.1, 0.15) is 24.2 Å². The van der Waals surface area contributed by atoms with Crippen LogP contribution in [0.25, 0.3) is 0 Å². The van der Waals surface area contributed by atoms with Gasteiger partial charge < -0.3 is 9.84 Å². The van der Waals surface area contributed by atoms with Crippen LogP contribution < -0.4 is 4.74 Å². The molecule has 0 aliphatic carbocycles. The molecule has 1 unspecified atom stereocenters. The molecule has 1 N–H and O–H groups in total. The van der Waals surface area contributed by atoms with E-state index in [2.05, 4.69) is 21.3 Å². The van der Waals surface area contributed by atoms with Gasteiger partial charge in [0.05, 0.1) is 6.10 Å². The number of rotatable bonds is 4. The monoisotopic (exact) mass is 312 g/mol. The first-order chi connectivity index (χ1) is 8.16. The van der Waals surface area contributed by atoms with Crippen molar-refractivity contribution in [3.8, 4) is 5.75 Å². The smallest absolute Gasteiger partial charge is 0.125 e. The Labute approximate surface area is 113 Å². The molecule has 1 heterocycles. The molecule has 0 amide bonds. The third-order valence-corrected chi connectivity index (χ3v) is 3.62. The Bertz CT molecular complexity index is 480. The molecule has 2 rings (SSSR count). The van der Waals surface area contributed by atoms with Gasteiger partial charge in [0.2, 0.25) is 0 Å². The highest BCUT2D eigenvalue weighted by Gasteiger charge is 2.10. The molecule has 0 spiro atoms. The number of hydrogen-bond acceptors (Lipinski definition) is 3. The number of thiophene rings is 1. The van der Waals surface area contributed by atoms with Gasteiger partial charge in [-0.1, -0.05) is 15.9 Å². The van der Waals surface area contributed by atoms with Gasteiger partial charge in [-0.25, -0.2) is 0 Å². The second-order valence-electron chi connectivity index (χ2n) is 3.78. The highest BCUT2D eigenvalue weighted by Crippen LogP contribution is 2.29. The van der Waals surface area contributed by atoms with E-state index in [-0.39, 0.29) is 0 Å². The normalized spacial score (nSPS) is 12.4. The zero-order valence-electron chi connectivity index (χ0n) is 9.39. The van der Waals surface area contributed by atoms with Crippen LogP contribution in [0.5, 0.6) is 5.75 Å². The number of aliphatic hydroxyl groups excluding tert-OH is 1. The molecule has 2 aromatic rings. The van der Waals surface area contributed by atoms with Crippen molar-refractivity contribution in [2.45, 2.75) is 19.6 Å². The third-order valence-electron chi connectivity index (χ3n) is 2.40. The summed E-state index contributed by atoms with van der Waals surface area (Å²) in [5.74, 6) is 0.731. The van der Waals surface area contributed by atoms with Crippen molar-refractivity contribution in [3.05, 3.63) is 50.6 Å². The molecule has 1 atom stereocenters. The Balaban J connectivity index is 2.14. The van der Waals surface area contributed by atoms with Gasteiger partial charge in [0, 0.05) is 10.0 Å². The molecule has 2 nitrogen and oxygen atoms in total. The summed E-state index contributed by atoms with van der Waals surface area (Å²) >= 11 is 5.04. The zero-order chi connectivity index (χ0) is 12.3. The van der Waals surface area contributed by atoms with Gasteiger partial charge in [0.1, 0.15) is 12.4 Å². The number of halogens is 1. The van der Waals surface area contributed by atoms with E-state index >= 15 is 0 Å². The van der Waals surface area contributed by atoms with Crippen molar-refractivity contribution in [1.82, 2.24) is 0 Å². The molecule has 17 heavy (non-hydrogen) atoms. The summed E-state index contributed by atoms with van der Waals surface area (Å²) in [4.78, 5) is 0. The SMILES string of the molecule is CC(O)c1cc(Br)ccc1OCc1ccsc1. The largest absolute Gasteiger partial charge is 0.488 e. The molecule has 0 saturated carbocycles. The Morgan fingerprint density at radius 1 is 1.41 bits per heavy atom. The maximum atomic E-state index is 9.69. The highest BCUT2D eigenvalue weighted by molar-refractivity contribution is 9.10. The predicted molar refractivity (Wildman–Crippen MR) is 73.4 cm³/mol. The van der Waals surface area contributed by atoms with E-state index in [1.807, 2.05) is 29.6 Å². The molecule has 0 bridgehead atoms. The fourth-order valence-electron chi connectivity index (χ4n) is 1.51. The predicted octanol–water partition coefficient (Wildman–Crippen LogP) is 4.14. The maximum Gasteiger partial charge on any atom is 0.125 e. The van der Waals surface area contributed by atoms with Gasteiger partial charge in [-0.15, -0.1) is 0 Å². The van der Waals surface area contributed by atoms with E-state index in [1.165, 1.54) is 0 Å². The van der Waals surface area contributed by atoms with E-state index in [4.69, 9.17) is 4.74 Å². The summed E-state index contributed by atoms with van der Waals surface area (Å²) in [5, 5.41) is 13.8. The van der Waals surface area contributed by atoms with Crippen LogP contribution in [-0.2, 0) is 6.61 Å². The summed E-state index contributed by atoms with van der Waals surface area (Å²) < 4.78 is 6.66. The lowest BCUT2D eigenvalue weighted by molar-refractivity contribution is 0.190. The first kappa shape index (κ1) is 12.6. The zero-order valence-corrected chi connectivity index (χ0v) is 11.8. The number of benzene rings is 1. The number of hydrogen-bond donors (Lipinski definition) is 1. The topological polar surface area (TPSA) is 29.5 Å². The lowest BCUT2D eigenvalue weighted by Gasteiger charge is -2.13. The average molecular weight is 313 g/mol. The van der Waals surface area contributed by atoms with Crippen molar-refractivity contribution >= 4 is 27.3 Å². The van der Waals surface area contributed by atoms with Gasteiger partial charge in [-0.3, -0.25) is 0 Å². The fraction of sp³-hybridized carbons (Fsp3) is 0.231. The first-order valence-corrected chi connectivity index (χ1v) is 7.02. The van der Waals surface area contributed by atoms with Crippen LogP contribution >= 0.6 is 27.3 Å². The van der Waals surface area contributed by atoms with Gasteiger partial charge in [-0.05, 0) is 47.5 Å². The third kappa shape index (κ3) is 3.31. The maximum absolute atomic E-state index is 9.69. The number of aliphatic hydroxyl groups is 1. The van der Waals surface area contributed by atoms with Crippen LogP contribution in [0.4, 0.5) is 0 Å². The molecule has 0 fully saturated rings. The van der Waals surface area contributed by atoms with E-state index in [1.54, 1.807) is 18.3 Å². The first-order valence-electron chi connectivity index (χ1n) is 5.28. The Morgan fingerprint density at radius 3 is 2.88 bits per heavy atom. The summed E-state index contributed by atoms with van der Waals surface area (Å²) in [6.45, 7) is 2.27. The second-order valence-corrected chi connectivity index (χ2v) is 5.47. The average Bonchev–Trinajstić information content (AvgIpc) is 2.80. The fourth-order valence-corrected chi connectivity index (χ4v) is 2.55. The molecule has 0 aliphatic rings. The molecule has 90 valence electrons. The van der Waals surface area contributed by atoms with Gasteiger partial charge in [-0.2, -0.15) is 11.3 Å². The quantitative estimate of drug-likeness (QED) is 0.919. The number of ether oxygens (including phenoxy) is 1. The van der Waals surface area contributed by atoms with Gasteiger partial charge in [0.15, 0.2) is 0 Å². The van der Waals surface area contributed by atoms with Crippen LogP contribution in [0, 0.1) is 0 Å². The minimum Gasteiger partial charge on any atom is -0.488 e. The van der Waals surface area contributed by atoms with Gasteiger partial charge in [0.25, 0.3) is 0 Å². The van der Waals surface area contributed by atoms with Gasteiger partial charge >= 0.3 is 0 Å². The molecular weight excluding hydrogens is 300 g/mol. The van der Waals surface area contributed by atoms with E-state index in [0.717, 1.165) is 21.3 Å². The molecule has 0 aliphatic heterocycles. The van der Waals surface area contributed by atoms with Crippen LogP contribution in [0.15, 0.2) is 39.5 Å². The Morgan fingerprint density at radius 2 is 2.24 bits per heavy atom. The van der Waals surface area contributed by atoms with Crippen molar-refractivity contribution in [1.29, 1.82) is 0 Å². The minimum atomic E-state index is -0.537. The van der Waals surface area contributed by atoms with E-state index in [9.17, 15) is 5.11 Å². The molecule has 1 aromatic heterocycles. The van der Waals surface area contributed by atoms with Crippen LogP contribution in [0.3, 0.4) is 0 Å². The molecule has 4 heteroatoms. The molecule has 0 radical (unpaired) electrons. The second kappa shape index (κ2) is 5.67. The van der Waals surface area contributed by atoms with E-state index < -0.39 is 6.10 Å². The lowest BCUT2D eigenvalue weighted by Crippen LogP contribution is -2.00. The minimum absolute atomic E-state index is 0.533. The lowest BCUT2D eigenvalue weighted by atomic mass is 10.1. The highest BCUT2D eigenvalue weighted by atomic mass is 79.9. The standard InChI is InChI=1S/C13H13BrO2S/c1-9(15)12-6-11(14)2-3-13(12)16-7-10-4-5-17-8-10/h2-6,8-9,15H,7H2,1H3. The Hall–Kier alpha value is -0.840. The van der Waals surface area contributed by atoms with E-state index in [0.29, 0.717) is 6.61 Å². The van der Waals surface area contributed by atoms with Crippen LogP contribution in [0.2, 0.25) is 0 Å². The summed E-state index contributed by atoms with van der Waals surface area (Å²) in [5.41, 5.74) is 1.95. The van der Waals surface area contributed by atoms with Crippen molar-refractivity contribution in [2.24, 2.45) is 0 Å². The van der Waals surface area contributed by atoms with Crippen molar-refractivity contribution in [2.75, 3.05) is 0 Å². The Kier molecular flexibility index (Phi) is 4.20. The summed E-state index contributed by atoms with van der Waals surface area (Å²) in [6.07, 6.45) is -0.537.